The summed E-state index contributed by atoms with van der Waals surface area (Å²) in [4.78, 5) is 12.4. The van der Waals surface area contributed by atoms with E-state index in [4.69, 9.17) is 0 Å². The molecule has 0 atom stereocenters. The molecule has 1 heterocycles. The zero-order chi connectivity index (χ0) is 20.3. The van der Waals surface area contributed by atoms with E-state index < -0.39 is 10.0 Å². The van der Waals surface area contributed by atoms with Crippen molar-refractivity contribution in [1.29, 1.82) is 0 Å². The predicted octanol–water partition coefficient (Wildman–Crippen LogP) is 3.14. The van der Waals surface area contributed by atoms with Crippen LogP contribution in [0, 0.1) is 6.92 Å². The molecule has 0 fully saturated rings. The molecule has 0 bridgehead atoms. The van der Waals surface area contributed by atoms with E-state index in [2.05, 4.69) is 14.9 Å². The van der Waals surface area contributed by atoms with E-state index >= 15 is 0 Å². The molecule has 0 saturated carbocycles. The summed E-state index contributed by atoms with van der Waals surface area (Å²) >= 11 is 1.31. The standard InChI is InChI=1S/C19H20N4O3S2/c1-13-4-6-15(7-5-13)18-20-21-19(23(18)2)27-12-17(24)14-8-10-16(11-9-14)22-28(3,25)26/h4-11,22H,12H2,1-3H3. The highest BCUT2D eigenvalue weighted by atomic mass is 32.2. The summed E-state index contributed by atoms with van der Waals surface area (Å²) in [6.45, 7) is 2.02. The number of sulfonamides is 1. The second-order valence-corrected chi connectivity index (χ2v) is 9.09. The first kappa shape index (κ1) is 20.1. The zero-order valence-corrected chi connectivity index (χ0v) is 17.3. The average molecular weight is 417 g/mol. The number of nitrogens with one attached hydrogen (secondary N) is 1. The number of benzene rings is 2. The van der Waals surface area contributed by atoms with Gasteiger partial charge in [-0.05, 0) is 31.2 Å². The normalized spacial score (nSPS) is 11.4. The lowest BCUT2D eigenvalue weighted by molar-refractivity contribution is 0.102. The lowest BCUT2D eigenvalue weighted by Gasteiger charge is -2.06. The highest BCUT2D eigenvalue weighted by Gasteiger charge is 2.14. The third-order valence-electron chi connectivity index (χ3n) is 3.99. The molecule has 0 spiro atoms. The van der Waals surface area contributed by atoms with Crippen LogP contribution < -0.4 is 4.72 Å². The van der Waals surface area contributed by atoms with Crippen molar-refractivity contribution in [2.24, 2.45) is 7.05 Å². The summed E-state index contributed by atoms with van der Waals surface area (Å²) in [5.74, 6) is 0.876. The van der Waals surface area contributed by atoms with E-state index in [-0.39, 0.29) is 11.5 Å². The molecule has 1 N–H and O–H groups in total. The Labute approximate surface area is 168 Å². The van der Waals surface area contributed by atoms with Crippen LogP contribution in [0.25, 0.3) is 11.4 Å². The van der Waals surface area contributed by atoms with Crippen molar-refractivity contribution in [2.45, 2.75) is 12.1 Å². The molecule has 2 aromatic carbocycles. The molecular weight excluding hydrogens is 396 g/mol. The second-order valence-electron chi connectivity index (χ2n) is 6.39. The molecule has 0 saturated heterocycles. The first-order chi connectivity index (χ1) is 13.2. The molecule has 1 aromatic heterocycles. The predicted molar refractivity (Wildman–Crippen MR) is 111 cm³/mol. The Balaban J connectivity index is 1.66. The van der Waals surface area contributed by atoms with Crippen LogP contribution in [0.2, 0.25) is 0 Å². The second kappa shape index (κ2) is 8.15. The van der Waals surface area contributed by atoms with Gasteiger partial charge >= 0.3 is 0 Å². The number of aromatic nitrogens is 3. The molecule has 0 aliphatic rings. The Kier molecular flexibility index (Phi) is 5.85. The van der Waals surface area contributed by atoms with E-state index in [1.807, 2.05) is 42.8 Å². The lowest BCUT2D eigenvalue weighted by atomic mass is 10.1. The average Bonchev–Trinajstić information content (AvgIpc) is 3.00. The van der Waals surface area contributed by atoms with Crippen molar-refractivity contribution in [1.82, 2.24) is 14.8 Å². The van der Waals surface area contributed by atoms with Gasteiger partial charge in [0.2, 0.25) is 10.0 Å². The van der Waals surface area contributed by atoms with Gasteiger partial charge in [-0.2, -0.15) is 0 Å². The fraction of sp³-hybridized carbons (Fsp3) is 0.211. The number of rotatable bonds is 7. The van der Waals surface area contributed by atoms with Crippen LogP contribution in [0.15, 0.2) is 53.7 Å². The first-order valence-electron chi connectivity index (χ1n) is 8.43. The summed E-state index contributed by atoms with van der Waals surface area (Å²) in [5.41, 5.74) is 3.06. The Morgan fingerprint density at radius 2 is 1.71 bits per heavy atom. The molecule has 3 rings (SSSR count). The highest BCUT2D eigenvalue weighted by Crippen LogP contribution is 2.23. The van der Waals surface area contributed by atoms with Crippen LogP contribution in [0.5, 0.6) is 0 Å². The molecule has 0 radical (unpaired) electrons. The van der Waals surface area contributed by atoms with E-state index in [0.29, 0.717) is 16.4 Å². The molecule has 9 heteroatoms. The Hall–Kier alpha value is -2.65. The van der Waals surface area contributed by atoms with Crippen molar-refractivity contribution in [3.05, 3.63) is 59.7 Å². The maximum absolute atomic E-state index is 12.4. The molecule has 7 nitrogen and oxygen atoms in total. The van der Waals surface area contributed by atoms with Crippen LogP contribution in [0.1, 0.15) is 15.9 Å². The number of thioether (sulfide) groups is 1. The number of hydrogen-bond acceptors (Lipinski definition) is 6. The topological polar surface area (TPSA) is 94.0 Å². The molecule has 146 valence electrons. The number of Topliss-reactive ketones (excluding diaryl/α,β-unsaturated/α-hetero) is 1. The van der Waals surface area contributed by atoms with Crippen LogP contribution in [-0.2, 0) is 17.1 Å². The van der Waals surface area contributed by atoms with E-state index in [0.717, 1.165) is 17.6 Å². The highest BCUT2D eigenvalue weighted by molar-refractivity contribution is 7.99. The molecule has 0 aliphatic heterocycles. The van der Waals surface area contributed by atoms with Gasteiger partial charge in [-0.15, -0.1) is 10.2 Å². The first-order valence-corrected chi connectivity index (χ1v) is 11.3. The van der Waals surface area contributed by atoms with Crippen molar-refractivity contribution >= 4 is 33.3 Å². The number of ketones is 1. The SMILES string of the molecule is Cc1ccc(-c2nnc(SCC(=O)c3ccc(NS(C)(=O)=O)cc3)n2C)cc1. The molecule has 0 amide bonds. The van der Waals surface area contributed by atoms with Gasteiger partial charge in [-0.1, -0.05) is 41.6 Å². The van der Waals surface area contributed by atoms with Gasteiger partial charge in [0.05, 0.1) is 12.0 Å². The Morgan fingerprint density at radius 3 is 2.32 bits per heavy atom. The number of aryl methyl sites for hydroxylation is 1. The molecule has 28 heavy (non-hydrogen) atoms. The number of nitrogens with zero attached hydrogens (tertiary/aromatic N) is 3. The maximum atomic E-state index is 12.4. The Bertz CT molecular complexity index is 1090. The van der Waals surface area contributed by atoms with Crippen LogP contribution in [0.3, 0.4) is 0 Å². The zero-order valence-electron chi connectivity index (χ0n) is 15.7. The number of anilines is 1. The van der Waals surface area contributed by atoms with Crippen molar-refractivity contribution in [3.8, 4) is 11.4 Å². The minimum atomic E-state index is -3.34. The van der Waals surface area contributed by atoms with Gasteiger partial charge in [0.1, 0.15) is 0 Å². The number of carbonyl (C=O) groups is 1. The Morgan fingerprint density at radius 1 is 1.07 bits per heavy atom. The number of hydrogen-bond donors (Lipinski definition) is 1. The summed E-state index contributed by atoms with van der Waals surface area (Å²) in [6, 6.07) is 14.4. The summed E-state index contributed by atoms with van der Waals surface area (Å²) in [6.07, 6.45) is 1.08. The molecular formula is C19H20N4O3S2. The fourth-order valence-electron chi connectivity index (χ4n) is 2.55. The van der Waals surface area contributed by atoms with E-state index in [9.17, 15) is 13.2 Å². The summed E-state index contributed by atoms with van der Waals surface area (Å²) in [7, 11) is -1.47. The smallest absolute Gasteiger partial charge is 0.229 e. The quantitative estimate of drug-likeness (QED) is 0.470. The molecule has 0 aliphatic carbocycles. The fourth-order valence-corrected chi connectivity index (χ4v) is 3.92. The van der Waals surface area contributed by atoms with Gasteiger partial charge in [0.15, 0.2) is 16.8 Å². The monoisotopic (exact) mass is 416 g/mol. The summed E-state index contributed by atoms with van der Waals surface area (Å²) < 4.78 is 26.7. The van der Waals surface area contributed by atoms with Gasteiger partial charge in [0, 0.05) is 23.9 Å². The largest absolute Gasteiger partial charge is 0.305 e. The van der Waals surface area contributed by atoms with Crippen LogP contribution in [0.4, 0.5) is 5.69 Å². The molecule has 0 unspecified atom stereocenters. The molecule has 3 aromatic rings. The van der Waals surface area contributed by atoms with Crippen LogP contribution >= 0.6 is 11.8 Å². The third-order valence-corrected chi connectivity index (χ3v) is 5.61. The number of carbonyl (C=O) groups excluding carboxylic acids is 1. The minimum Gasteiger partial charge on any atom is -0.305 e. The third kappa shape index (κ3) is 4.99. The summed E-state index contributed by atoms with van der Waals surface area (Å²) in [5, 5.41) is 9.06. The van der Waals surface area contributed by atoms with Crippen LogP contribution in [-0.4, -0.2) is 41.0 Å². The van der Waals surface area contributed by atoms with E-state index in [1.165, 1.54) is 17.3 Å². The van der Waals surface area contributed by atoms with Gasteiger partial charge in [-0.3, -0.25) is 9.52 Å². The van der Waals surface area contributed by atoms with Crippen molar-refractivity contribution < 1.29 is 13.2 Å². The van der Waals surface area contributed by atoms with Crippen molar-refractivity contribution in [3.63, 3.8) is 0 Å². The van der Waals surface area contributed by atoms with E-state index in [1.54, 1.807) is 24.3 Å². The van der Waals surface area contributed by atoms with Gasteiger partial charge in [0.25, 0.3) is 0 Å². The minimum absolute atomic E-state index is 0.0733. The van der Waals surface area contributed by atoms with Crippen molar-refractivity contribution in [2.75, 3.05) is 16.7 Å². The van der Waals surface area contributed by atoms with Gasteiger partial charge < -0.3 is 4.57 Å². The maximum Gasteiger partial charge on any atom is 0.229 e. The van der Waals surface area contributed by atoms with Gasteiger partial charge in [-0.25, -0.2) is 8.42 Å². The lowest BCUT2D eigenvalue weighted by Crippen LogP contribution is -2.10.